The summed E-state index contributed by atoms with van der Waals surface area (Å²) in [5.74, 6) is -0.297. The molecule has 0 aliphatic rings. The summed E-state index contributed by atoms with van der Waals surface area (Å²) in [4.78, 5) is 12.1. The first-order valence-corrected chi connectivity index (χ1v) is 5.64. The van der Waals surface area contributed by atoms with Crippen LogP contribution in [0.3, 0.4) is 0 Å². The summed E-state index contributed by atoms with van der Waals surface area (Å²) in [6, 6.07) is 1.88. The number of carbonyl (C=O) groups excluding carboxylic acids is 1. The van der Waals surface area contributed by atoms with Crippen LogP contribution in [-0.2, 0) is 11.3 Å². The first kappa shape index (κ1) is 12.0. The SMILES string of the molecule is CC(C)(CNCc1sccc1N)C(N)=O. The van der Waals surface area contributed by atoms with Gasteiger partial charge in [-0.2, -0.15) is 0 Å². The number of primary amides is 1. The highest BCUT2D eigenvalue weighted by molar-refractivity contribution is 7.10. The van der Waals surface area contributed by atoms with E-state index in [1.165, 1.54) is 0 Å². The Labute approximate surface area is 93.7 Å². The number of hydrogen-bond donors (Lipinski definition) is 3. The molecular weight excluding hydrogens is 210 g/mol. The van der Waals surface area contributed by atoms with Gasteiger partial charge in [-0.1, -0.05) is 0 Å². The second-order valence-corrected chi connectivity index (χ2v) is 5.15. The summed E-state index contributed by atoms with van der Waals surface area (Å²) in [6.07, 6.45) is 0. The van der Waals surface area contributed by atoms with Crippen molar-refractivity contribution in [3.05, 3.63) is 16.3 Å². The molecular formula is C10H17N3OS. The number of amides is 1. The quantitative estimate of drug-likeness (QED) is 0.700. The van der Waals surface area contributed by atoms with E-state index in [1.54, 1.807) is 11.3 Å². The van der Waals surface area contributed by atoms with Crippen LogP contribution in [0.25, 0.3) is 0 Å². The molecule has 1 heterocycles. The summed E-state index contributed by atoms with van der Waals surface area (Å²) >= 11 is 1.60. The fraction of sp³-hybridized carbons (Fsp3) is 0.500. The molecule has 0 spiro atoms. The van der Waals surface area contributed by atoms with Crippen LogP contribution in [0.5, 0.6) is 0 Å². The Hall–Kier alpha value is -1.07. The lowest BCUT2D eigenvalue weighted by atomic mass is 9.93. The number of rotatable bonds is 5. The highest BCUT2D eigenvalue weighted by Crippen LogP contribution is 2.19. The van der Waals surface area contributed by atoms with Crippen molar-refractivity contribution in [2.75, 3.05) is 12.3 Å². The molecule has 0 radical (unpaired) electrons. The molecule has 0 aromatic carbocycles. The zero-order valence-corrected chi connectivity index (χ0v) is 9.86. The summed E-state index contributed by atoms with van der Waals surface area (Å²) in [6.45, 7) is 4.88. The van der Waals surface area contributed by atoms with Crippen molar-refractivity contribution in [1.82, 2.24) is 5.32 Å². The molecule has 0 aliphatic carbocycles. The monoisotopic (exact) mass is 227 g/mol. The third-order valence-corrected chi connectivity index (χ3v) is 3.24. The van der Waals surface area contributed by atoms with Crippen molar-refractivity contribution >= 4 is 22.9 Å². The number of nitrogen functional groups attached to an aromatic ring is 1. The minimum Gasteiger partial charge on any atom is -0.398 e. The van der Waals surface area contributed by atoms with E-state index in [-0.39, 0.29) is 5.91 Å². The lowest BCUT2D eigenvalue weighted by Gasteiger charge is -2.20. The van der Waals surface area contributed by atoms with Crippen molar-refractivity contribution < 1.29 is 4.79 Å². The number of hydrogen-bond acceptors (Lipinski definition) is 4. The molecule has 1 aromatic heterocycles. The van der Waals surface area contributed by atoms with E-state index in [0.717, 1.165) is 10.6 Å². The van der Waals surface area contributed by atoms with Crippen LogP contribution in [-0.4, -0.2) is 12.5 Å². The van der Waals surface area contributed by atoms with Gasteiger partial charge in [-0.15, -0.1) is 11.3 Å². The minimum atomic E-state index is -0.522. The Kier molecular flexibility index (Phi) is 3.71. The van der Waals surface area contributed by atoms with E-state index in [2.05, 4.69) is 5.32 Å². The predicted octanol–water partition coefficient (Wildman–Crippen LogP) is 0.931. The van der Waals surface area contributed by atoms with E-state index >= 15 is 0 Å². The Balaban J connectivity index is 2.40. The predicted molar refractivity (Wildman–Crippen MR) is 63.4 cm³/mol. The second-order valence-electron chi connectivity index (χ2n) is 4.15. The van der Waals surface area contributed by atoms with Gasteiger partial charge < -0.3 is 16.8 Å². The van der Waals surface area contributed by atoms with Crippen LogP contribution in [0.4, 0.5) is 5.69 Å². The van der Waals surface area contributed by atoms with Crippen molar-refractivity contribution in [2.24, 2.45) is 11.1 Å². The Morgan fingerprint density at radius 2 is 2.27 bits per heavy atom. The summed E-state index contributed by atoms with van der Waals surface area (Å²) in [5.41, 5.74) is 11.3. The van der Waals surface area contributed by atoms with Crippen molar-refractivity contribution in [3.63, 3.8) is 0 Å². The maximum Gasteiger partial charge on any atom is 0.224 e. The number of carbonyl (C=O) groups is 1. The van der Waals surface area contributed by atoms with Crippen LogP contribution in [0, 0.1) is 5.41 Å². The largest absolute Gasteiger partial charge is 0.398 e. The fourth-order valence-electron chi connectivity index (χ4n) is 1.07. The second kappa shape index (κ2) is 4.63. The zero-order valence-electron chi connectivity index (χ0n) is 9.04. The van der Waals surface area contributed by atoms with Gasteiger partial charge in [0.1, 0.15) is 0 Å². The average molecular weight is 227 g/mol. The number of anilines is 1. The first-order valence-electron chi connectivity index (χ1n) is 4.76. The van der Waals surface area contributed by atoms with Gasteiger partial charge >= 0.3 is 0 Å². The van der Waals surface area contributed by atoms with Crippen LogP contribution < -0.4 is 16.8 Å². The van der Waals surface area contributed by atoms with E-state index in [0.29, 0.717) is 13.1 Å². The van der Waals surface area contributed by atoms with Gasteiger partial charge in [0.25, 0.3) is 0 Å². The average Bonchev–Trinajstić information content (AvgIpc) is 2.51. The maximum absolute atomic E-state index is 11.0. The molecule has 1 aromatic rings. The van der Waals surface area contributed by atoms with Gasteiger partial charge in [0.05, 0.1) is 5.41 Å². The summed E-state index contributed by atoms with van der Waals surface area (Å²) in [7, 11) is 0. The van der Waals surface area contributed by atoms with Crippen LogP contribution in [0.2, 0.25) is 0 Å². The third-order valence-electron chi connectivity index (χ3n) is 2.30. The van der Waals surface area contributed by atoms with Crippen molar-refractivity contribution in [3.8, 4) is 0 Å². The summed E-state index contributed by atoms with van der Waals surface area (Å²) in [5, 5.41) is 5.13. The molecule has 84 valence electrons. The molecule has 1 rings (SSSR count). The molecule has 4 nitrogen and oxygen atoms in total. The molecule has 0 bridgehead atoms. The number of nitrogens with one attached hydrogen (secondary N) is 1. The van der Waals surface area contributed by atoms with Crippen molar-refractivity contribution in [2.45, 2.75) is 20.4 Å². The Morgan fingerprint density at radius 1 is 1.60 bits per heavy atom. The Bertz CT molecular complexity index is 346. The van der Waals surface area contributed by atoms with Gasteiger partial charge in [-0.25, -0.2) is 0 Å². The van der Waals surface area contributed by atoms with Crippen molar-refractivity contribution in [1.29, 1.82) is 0 Å². The molecule has 15 heavy (non-hydrogen) atoms. The third kappa shape index (κ3) is 3.21. The van der Waals surface area contributed by atoms with Crippen LogP contribution >= 0.6 is 11.3 Å². The molecule has 0 unspecified atom stereocenters. The minimum absolute atomic E-state index is 0.297. The standard InChI is InChI=1S/C10H17N3OS/c1-10(2,9(12)14)6-13-5-8-7(11)3-4-15-8/h3-4,13H,5-6,11H2,1-2H3,(H2,12,14). The smallest absolute Gasteiger partial charge is 0.224 e. The highest BCUT2D eigenvalue weighted by atomic mass is 32.1. The molecule has 0 saturated carbocycles. The zero-order chi connectivity index (χ0) is 11.5. The fourth-order valence-corrected chi connectivity index (χ4v) is 1.84. The van der Waals surface area contributed by atoms with Gasteiger partial charge in [0.15, 0.2) is 0 Å². The number of thiophene rings is 1. The number of nitrogens with two attached hydrogens (primary N) is 2. The van der Waals surface area contributed by atoms with Gasteiger partial charge in [0.2, 0.25) is 5.91 Å². The molecule has 5 N–H and O–H groups in total. The molecule has 1 amide bonds. The van der Waals surface area contributed by atoms with Crippen LogP contribution in [0.15, 0.2) is 11.4 Å². The van der Waals surface area contributed by atoms with Gasteiger partial charge in [0, 0.05) is 23.7 Å². The topological polar surface area (TPSA) is 81.1 Å². The lowest BCUT2D eigenvalue weighted by Crippen LogP contribution is -2.40. The van der Waals surface area contributed by atoms with E-state index in [4.69, 9.17) is 11.5 Å². The summed E-state index contributed by atoms with van der Waals surface area (Å²) < 4.78 is 0. The molecule has 0 aliphatic heterocycles. The normalized spacial score (nSPS) is 11.6. The van der Waals surface area contributed by atoms with Gasteiger partial charge in [-0.05, 0) is 25.3 Å². The Morgan fingerprint density at radius 3 is 2.73 bits per heavy atom. The molecule has 5 heteroatoms. The molecule has 0 fully saturated rings. The van der Waals surface area contributed by atoms with E-state index < -0.39 is 5.41 Å². The molecule has 0 saturated heterocycles. The van der Waals surface area contributed by atoms with Crippen LogP contribution in [0.1, 0.15) is 18.7 Å². The highest BCUT2D eigenvalue weighted by Gasteiger charge is 2.24. The lowest BCUT2D eigenvalue weighted by molar-refractivity contribution is -0.125. The maximum atomic E-state index is 11.0. The molecule has 0 atom stereocenters. The first-order chi connectivity index (χ1) is 6.93. The van der Waals surface area contributed by atoms with Gasteiger partial charge in [-0.3, -0.25) is 4.79 Å². The van der Waals surface area contributed by atoms with E-state index in [1.807, 2.05) is 25.3 Å². The van der Waals surface area contributed by atoms with E-state index in [9.17, 15) is 4.79 Å².